The summed E-state index contributed by atoms with van der Waals surface area (Å²) in [5.41, 5.74) is -0.190. The van der Waals surface area contributed by atoms with Crippen LogP contribution in [0.1, 0.15) is 72.6 Å². The van der Waals surface area contributed by atoms with Crippen molar-refractivity contribution >= 4 is 11.8 Å². The molecular weight excluding hydrogens is 288 g/mol. The number of Topliss-reactive ketones (excluding diaryl/α,β-unsaturated/α-hetero) is 1. The predicted molar refractivity (Wildman–Crippen MR) is 89.8 cm³/mol. The Bertz CT molecular complexity index is 458. The van der Waals surface area contributed by atoms with E-state index in [0.29, 0.717) is 11.8 Å². The van der Waals surface area contributed by atoms with Gasteiger partial charge in [0, 0.05) is 6.42 Å². The normalized spacial score (nSPS) is 38.6. The second-order valence-corrected chi connectivity index (χ2v) is 9.68. The van der Waals surface area contributed by atoms with Gasteiger partial charge in [0.2, 0.25) is 0 Å². The summed E-state index contributed by atoms with van der Waals surface area (Å²) in [6.07, 6.45) is 8.55. The van der Waals surface area contributed by atoms with Crippen LogP contribution in [0.5, 0.6) is 0 Å². The van der Waals surface area contributed by atoms with E-state index in [1.807, 2.05) is 20.8 Å². The zero-order valence-corrected chi connectivity index (χ0v) is 15.2. The van der Waals surface area contributed by atoms with Crippen LogP contribution in [0, 0.1) is 34.5 Å². The van der Waals surface area contributed by atoms with Gasteiger partial charge < -0.3 is 4.74 Å². The summed E-state index contributed by atoms with van der Waals surface area (Å²) in [5.74, 6) is 3.37. The first-order chi connectivity index (χ1) is 10.7. The van der Waals surface area contributed by atoms with Gasteiger partial charge in [0.1, 0.15) is 6.61 Å². The maximum atomic E-state index is 12.2. The molecule has 0 aromatic rings. The largest absolute Gasteiger partial charge is 0.457 e. The van der Waals surface area contributed by atoms with Crippen LogP contribution >= 0.6 is 0 Å². The third kappa shape index (κ3) is 3.34. The fourth-order valence-corrected chi connectivity index (χ4v) is 5.51. The Kier molecular flexibility index (Phi) is 4.35. The van der Waals surface area contributed by atoms with Gasteiger partial charge in [-0.3, -0.25) is 9.59 Å². The first-order valence-electron chi connectivity index (χ1n) is 9.37. The standard InChI is InChI=1S/C20H32O3/c1-19(2,3)18(22)23-12-17(21)5-6-20(4)15-8-13-7-14(10-15)11-16(20)9-13/h13-16H,5-12H2,1-4H3. The number of esters is 1. The number of ether oxygens (including phenoxy) is 1. The first kappa shape index (κ1) is 17.0. The van der Waals surface area contributed by atoms with Gasteiger partial charge in [-0.2, -0.15) is 0 Å². The fraction of sp³-hybridized carbons (Fsp3) is 0.900. The molecule has 0 heterocycles. The number of carbonyl (C=O) groups is 2. The Morgan fingerprint density at radius 2 is 1.52 bits per heavy atom. The van der Waals surface area contributed by atoms with E-state index in [2.05, 4.69) is 6.92 Å². The molecule has 0 atom stereocenters. The molecule has 0 radical (unpaired) electrons. The highest BCUT2D eigenvalue weighted by Crippen LogP contribution is 2.63. The van der Waals surface area contributed by atoms with E-state index in [-0.39, 0.29) is 18.4 Å². The highest BCUT2D eigenvalue weighted by Gasteiger charge is 2.54. The molecule has 4 fully saturated rings. The average molecular weight is 320 g/mol. The number of hydrogen-bond donors (Lipinski definition) is 0. The van der Waals surface area contributed by atoms with E-state index in [1.165, 1.54) is 32.1 Å². The topological polar surface area (TPSA) is 43.4 Å². The summed E-state index contributed by atoms with van der Waals surface area (Å²) < 4.78 is 5.17. The van der Waals surface area contributed by atoms with Gasteiger partial charge in [0.15, 0.2) is 5.78 Å². The maximum Gasteiger partial charge on any atom is 0.311 e. The summed E-state index contributed by atoms with van der Waals surface area (Å²) in [4.78, 5) is 23.9. The Balaban J connectivity index is 1.50. The van der Waals surface area contributed by atoms with Gasteiger partial charge in [-0.15, -0.1) is 0 Å². The van der Waals surface area contributed by atoms with Crippen molar-refractivity contribution in [2.24, 2.45) is 34.5 Å². The molecule has 4 saturated carbocycles. The molecule has 0 aromatic carbocycles. The highest BCUT2D eigenvalue weighted by molar-refractivity contribution is 5.83. The molecule has 4 bridgehead atoms. The fourth-order valence-electron chi connectivity index (χ4n) is 5.51. The molecule has 4 aliphatic rings. The minimum Gasteiger partial charge on any atom is -0.457 e. The lowest BCUT2D eigenvalue weighted by Gasteiger charge is -2.60. The van der Waals surface area contributed by atoms with Gasteiger partial charge in [-0.25, -0.2) is 0 Å². The van der Waals surface area contributed by atoms with Crippen molar-refractivity contribution < 1.29 is 14.3 Å². The van der Waals surface area contributed by atoms with E-state index in [9.17, 15) is 9.59 Å². The monoisotopic (exact) mass is 320 g/mol. The van der Waals surface area contributed by atoms with E-state index in [1.54, 1.807) is 0 Å². The molecule has 3 nitrogen and oxygen atoms in total. The molecule has 4 aliphatic carbocycles. The zero-order valence-electron chi connectivity index (χ0n) is 15.2. The van der Waals surface area contributed by atoms with E-state index < -0.39 is 5.41 Å². The lowest BCUT2D eigenvalue weighted by Crippen LogP contribution is -2.51. The number of rotatable bonds is 5. The second kappa shape index (κ2) is 5.89. The van der Waals surface area contributed by atoms with Crippen LogP contribution in [0.4, 0.5) is 0 Å². The molecule has 0 unspecified atom stereocenters. The summed E-state index contributed by atoms with van der Waals surface area (Å²) in [6.45, 7) is 7.82. The second-order valence-electron chi connectivity index (χ2n) is 9.68. The molecule has 0 amide bonds. The zero-order chi connectivity index (χ0) is 16.8. The summed E-state index contributed by atoms with van der Waals surface area (Å²) >= 11 is 0. The maximum absolute atomic E-state index is 12.2. The van der Waals surface area contributed by atoms with Crippen molar-refractivity contribution in [3.63, 3.8) is 0 Å². The molecule has 4 rings (SSSR count). The minimum atomic E-state index is -0.534. The average Bonchev–Trinajstić information content (AvgIpc) is 2.46. The third-order valence-corrected chi connectivity index (χ3v) is 6.92. The lowest BCUT2D eigenvalue weighted by atomic mass is 9.45. The SMILES string of the molecule is CC(C)(C)C(=O)OCC(=O)CCC1(C)C2CC3CC(C2)CC1C3. The van der Waals surface area contributed by atoms with Crippen LogP contribution < -0.4 is 0 Å². The number of hydrogen-bond acceptors (Lipinski definition) is 3. The van der Waals surface area contributed by atoms with Crippen molar-refractivity contribution in [1.29, 1.82) is 0 Å². The molecule has 0 aromatic heterocycles. The van der Waals surface area contributed by atoms with Crippen LogP contribution in [0.2, 0.25) is 0 Å². The van der Waals surface area contributed by atoms with Gasteiger partial charge in [-0.1, -0.05) is 6.92 Å². The van der Waals surface area contributed by atoms with Crippen LogP contribution in [0.25, 0.3) is 0 Å². The van der Waals surface area contributed by atoms with Gasteiger partial charge in [0.25, 0.3) is 0 Å². The summed E-state index contributed by atoms with van der Waals surface area (Å²) in [7, 11) is 0. The number of ketones is 1. The van der Waals surface area contributed by atoms with Crippen LogP contribution in [0.3, 0.4) is 0 Å². The van der Waals surface area contributed by atoms with E-state index >= 15 is 0 Å². The van der Waals surface area contributed by atoms with Crippen molar-refractivity contribution in [2.45, 2.75) is 72.6 Å². The van der Waals surface area contributed by atoms with Crippen molar-refractivity contribution in [3.8, 4) is 0 Å². The molecule has 0 spiro atoms. The van der Waals surface area contributed by atoms with Crippen LogP contribution in [-0.4, -0.2) is 18.4 Å². The Hall–Kier alpha value is -0.860. The quantitative estimate of drug-likeness (QED) is 0.706. The van der Waals surface area contributed by atoms with Crippen molar-refractivity contribution in [1.82, 2.24) is 0 Å². The Morgan fingerprint density at radius 3 is 2.00 bits per heavy atom. The van der Waals surface area contributed by atoms with E-state index in [0.717, 1.165) is 30.1 Å². The van der Waals surface area contributed by atoms with Gasteiger partial charge in [0.05, 0.1) is 5.41 Å². The molecule has 3 heteroatoms. The predicted octanol–water partition coefficient (Wildman–Crippen LogP) is 4.39. The third-order valence-electron chi connectivity index (χ3n) is 6.92. The smallest absolute Gasteiger partial charge is 0.311 e. The minimum absolute atomic E-state index is 0.0488. The molecular formula is C20H32O3. The first-order valence-corrected chi connectivity index (χ1v) is 9.37. The summed E-state index contributed by atoms with van der Waals surface area (Å²) in [5, 5.41) is 0. The molecule has 130 valence electrons. The number of carbonyl (C=O) groups excluding carboxylic acids is 2. The molecule has 0 N–H and O–H groups in total. The summed E-state index contributed by atoms with van der Waals surface area (Å²) in [6, 6.07) is 0. The van der Waals surface area contributed by atoms with Crippen molar-refractivity contribution in [3.05, 3.63) is 0 Å². The van der Waals surface area contributed by atoms with E-state index in [4.69, 9.17) is 4.74 Å². The molecule has 0 saturated heterocycles. The van der Waals surface area contributed by atoms with Gasteiger partial charge >= 0.3 is 5.97 Å². The Morgan fingerprint density at radius 1 is 1.00 bits per heavy atom. The molecule has 0 aliphatic heterocycles. The van der Waals surface area contributed by atoms with Crippen molar-refractivity contribution in [2.75, 3.05) is 6.61 Å². The van der Waals surface area contributed by atoms with Crippen LogP contribution in [-0.2, 0) is 14.3 Å². The Labute approximate surface area is 140 Å². The molecule has 23 heavy (non-hydrogen) atoms. The lowest BCUT2D eigenvalue weighted by molar-refractivity contribution is -0.156. The van der Waals surface area contributed by atoms with Crippen LogP contribution in [0.15, 0.2) is 0 Å². The van der Waals surface area contributed by atoms with Gasteiger partial charge in [-0.05, 0) is 88.4 Å². The highest BCUT2D eigenvalue weighted by atomic mass is 16.5.